The Bertz CT molecular complexity index is 1360. The highest BCUT2D eigenvalue weighted by molar-refractivity contribution is 7.10. The third-order valence-electron chi connectivity index (χ3n) is 5.22. The van der Waals surface area contributed by atoms with Gasteiger partial charge in [-0.05, 0) is 29.1 Å². The van der Waals surface area contributed by atoms with E-state index in [2.05, 4.69) is 25.6 Å². The molecule has 0 aliphatic carbocycles. The average molecular weight is 462 g/mol. The molecule has 0 spiro atoms. The van der Waals surface area contributed by atoms with Gasteiger partial charge in [-0.25, -0.2) is 9.97 Å². The molecule has 1 aliphatic rings. The zero-order valence-electron chi connectivity index (χ0n) is 17.4. The molecule has 2 amide bonds. The summed E-state index contributed by atoms with van der Waals surface area (Å²) in [6.07, 6.45) is 3.48. The van der Waals surface area contributed by atoms with Gasteiger partial charge in [0.05, 0.1) is 17.6 Å². The summed E-state index contributed by atoms with van der Waals surface area (Å²) in [4.78, 5) is 49.1. The number of anilines is 1. The number of amides is 2. The number of hydrogen-bond acceptors (Lipinski definition) is 7. The zero-order chi connectivity index (χ0) is 22.8. The van der Waals surface area contributed by atoms with Crippen LogP contribution in [-0.4, -0.2) is 39.2 Å². The van der Waals surface area contributed by atoms with E-state index in [1.807, 2.05) is 35.7 Å². The van der Waals surface area contributed by atoms with Crippen molar-refractivity contribution >= 4 is 45.7 Å². The number of Topliss-reactive ketones (excluding diaryl/α,β-unsaturated/α-hetero) is 1. The fourth-order valence-corrected chi connectivity index (χ4v) is 4.39. The molecule has 4 aromatic rings. The van der Waals surface area contributed by atoms with Crippen LogP contribution >= 0.6 is 11.3 Å². The summed E-state index contributed by atoms with van der Waals surface area (Å²) in [5.41, 5.74) is 3.22. The van der Waals surface area contributed by atoms with Gasteiger partial charge >= 0.3 is 0 Å². The van der Waals surface area contributed by atoms with Gasteiger partial charge in [0.2, 0.25) is 5.91 Å². The lowest BCUT2D eigenvalue weighted by Crippen LogP contribution is -2.25. The third kappa shape index (κ3) is 4.46. The van der Waals surface area contributed by atoms with Crippen LogP contribution in [-0.2, 0) is 29.0 Å². The average Bonchev–Trinajstić information content (AvgIpc) is 3.47. The van der Waals surface area contributed by atoms with Crippen LogP contribution in [0.3, 0.4) is 0 Å². The number of ketones is 1. The first kappa shape index (κ1) is 20.8. The van der Waals surface area contributed by atoms with Crippen molar-refractivity contribution in [1.29, 1.82) is 0 Å². The van der Waals surface area contributed by atoms with Crippen LogP contribution < -0.4 is 15.4 Å². The molecule has 10 heteroatoms. The Morgan fingerprint density at radius 1 is 1.21 bits per heavy atom. The van der Waals surface area contributed by atoms with E-state index in [9.17, 15) is 14.4 Å². The summed E-state index contributed by atoms with van der Waals surface area (Å²) < 4.78 is 5.41. The van der Waals surface area contributed by atoms with Gasteiger partial charge in [0.25, 0.3) is 5.91 Å². The van der Waals surface area contributed by atoms with Crippen LogP contribution in [0.15, 0.2) is 48.2 Å². The summed E-state index contributed by atoms with van der Waals surface area (Å²) in [7, 11) is 0. The van der Waals surface area contributed by atoms with E-state index in [1.54, 1.807) is 6.20 Å². The van der Waals surface area contributed by atoms with Crippen molar-refractivity contribution in [3.63, 3.8) is 0 Å². The number of ether oxygens (including phenoxy) is 1. The van der Waals surface area contributed by atoms with E-state index in [0.717, 1.165) is 16.0 Å². The number of fused-ring (bicyclic) bond motifs is 2. The molecule has 3 aromatic heterocycles. The van der Waals surface area contributed by atoms with E-state index in [1.165, 1.54) is 17.7 Å². The second-order valence-corrected chi connectivity index (χ2v) is 8.61. The molecule has 33 heavy (non-hydrogen) atoms. The molecule has 0 saturated carbocycles. The minimum atomic E-state index is -0.384. The minimum Gasteiger partial charge on any atom is -0.486 e. The number of benzene rings is 1. The fourth-order valence-electron chi connectivity index (χ4n) is 3.68. The van der Waals surface area contributed by atoms with Gasteiger partial charge in [-0.1, -0.05) is 12.1 Å². The lowest BCUT2D eigenvalue weighted by atomic mass is 10.0. The summed E-state index contributed by atoms with van der Waals surface area (Å²) in [5, 5.41) is 7.60. The molecule has 5 rings (SSSR count). The van der Waals surface area contributed by atoms with E-state index in [-0.39, 0.29) is 42.9 Å². The maximum Gasteiger partial charge on any atom is 0.272 e. The topological polar surface area (TPSA) is 126 Å². The molecule has 0 fully saturated rings. The highest BCUT2D eigenvalue weighted by Gasteiger charge is 2.19. The fraction of sp³-hybridized carbons (Fsp3) is 0.174. The van der Waals surface area contributed by atoms with Crippen molar-refractivity contribution in [2.45, 2.75) is 19.4 Å². The van der Waals surface area contributed by atoms with Gasteiger partial charge in [0.1, 0.15) is 24.2 Å². The predicted octanol–water partition coefficient (Wildman–Crippen LogP) is 2.63. The molecule has 3 N–H and O–H groups in total. The number of nitrogens with zero attached hydrogens (tertiary/aromatic N) is 2. The Morgan fingerprint density at radius 2 is 2.12 bits per heavy atom. The number of thiophene rings is 1. The van der Waals surface area contributed by atoms with Crippen LogP contribution in [0.25, 0.3) is 11.0 Å². The molecule has 9 nitrogen and oxygen atoms in total. The molecule has 1 aliphatic heterocycles. The molecule has 4 heterocycles. The van der Waals surface area contributed by atoms with Gasteiger partial charge in [-0.15, -0.1) is 11.3 Å². The number of carbonyl (C=O) groups excluding carboxylic acids is 3. The second kappa shape index (κ2) is 8.83. The van der Waals surface area contributed by atoms with Crippen molar-refractivity contribution in [3.8, 4) is 5.75 Å². The first-order chi connectivity index (χ1) is 16.1. The SMILES string of the molecule is O=C1COc2ccc(CNC(=O)c3ncnc4c(NC(=O)Cc5cccs5)c[nH]c34)cc2C1. The van der Waals surface area contributed by atoms with Gasteiger partial charge < -0.3 is 20.4 Å². The molecule has 0 atom stereocenters. The minimum absolute atomic E-state index is 0.0251. The van der Waals surface area contributed by atoms with Gasteiger partial charge in [-0.2, -0.15) is 0 Å². The molecule has 0 saturated heterocycles. The van der Waals surface area contributed by atoms with Crippen LogP contribution in [0.5, 0.6) is 5.75 Å². The standard InChI is InChI=1S/C23H19N5O4S/c29-15-7-14-6-13(3-4-18(14)32-11-15)9-25-23(31)22-21-20(26-12-27-22)17(10-24-21)28-19(30)8-16-2-1-5-33-16/h1-6,10,12,24H,7-9,11H2,(H,25,31)(H,28,30). The van der Waals surface area contributed by atoms with Gasteiger partial charge in [0.15, 0.2) is 11.5 Å². The lowest BCUT2D eigenvalue weighted by Gasteiger charge is -2.17. The highest BCUT2D eigenvalue weighted by atomic mass is 32.1. The van der Waals surface area contributed by atoms with Gasteiger partial charge in [-0.3, -0.25) is 14.4 Å². The number of hydrogen-bond donors (Lipinski definition) is 3. The monoisotopic (exact) mass is 461 g/mol. The first-order valence-corrected chi connectivity index (χ1v) is 11.1. The predicted molar refractivity (Wildman–Crippen MR) is 122 cm³/mol. The zero-order valence-corrected chi connectivity index (χ0v) is 18.2. The molecule has 0 radical (unpaired) electrons. The maximum atomic E-state index is 12.8. The first-order valence-electron chi connectivity index (χ1n) is 10.3. The van der Waals surface area contributed by atoms with Crippen molar-refractivity contribution in [1.82, 2.24) is 20.3 Å². The Morgan fingerprint density at radius 3 is 2.97 bits per heavy atom. The summed E-state index contributed by atoms with van der Waals surface area (Å²) in [6.45, 7) is 0.357. The Kier molecular flexibility index (Phi) is 5.57. The maximum absolute atomic E-state index is 12.8. The number of nitrogens with one attached hydrogen (secondary N) is 3. The van der Waals surface area contributed by atoms with Crippen LogP contribution in [0.2, 0.25) is 0 Å². The smallest absolute Gasteiger partial charge is 0.272 e. The molecule has 0 unspecified atom stereocenters. The quantitative estimate of drug-likeness (QED) is 0.405. The van der Waals surface area contributed by atoms with Crippen molar-refractivity contribution in [3.05, 3.63) is 69.9 Å². The Balaban J connectivity index is 1.28. The van der Waals surface area contributed by atoms with E-state index < -0.39 is 0 Å². The number of H-pyrrole nitrogens is 1. The summed E-state index contributed by atoms with van der Waals surface area (Å²) in [6, 6.07) is 9.31. The largest absolute Gasteiger partial charge is 0.486 e. The molecular weight excluding hydrogens is 442 g/mol. The Labute approximate surface area is 192 Å². The molecule has 0 bridgehead atoms. The number of aromatic amines is 1. The lowest BCUT2D eigenvalue weighted by molar-refractivity contribution is -0.121. The number of aromatic nitrogens is 3. The third-order valence-corrected chi connectivity index (χ3v) is 6.10. The molecule has 1 aromatic carbocycles. The number of rotatable bonds is 6. The van der Waals surface area contributed by atoms with Crippen LogP contribution in [0, 0.1) is 0 Å². The molecule has 166 valence electrons. The second-order valence-electron chi connectivity index (χ2n) is 7.58. The van der Waals surface area contributed by atoms with Crippen molar-refractivity contribution in [2.75, 3.05) is 11.9 Å². The van der Waals surface area contributed by atoms with Gasteiger partial charge in [0, 0.05) is 29.6 Å². The molecular formula is C23H19N5O4S. The normalized spacial score (nSPS) is 12.8. The van der Waals surface area contributed by atoms with Crippen molar-refractivity contribution in [2.24, 2.45) is 0 Å². The van der Waals surface area contributed by atoms with E-state index in [0.29, 0.717) is 28.9 Å². The van der Waals surface area contributed by atoms with E-state index in [4.69, 9.17) is 4.74 Å². The van der Waals surface area contributed by atoms with Crippen LogP contribution in [0.1, 0.15) is 26.5 Å². The Hall–Kier alpha value is -4.05. The summed E-state index contributed by atoms with van der Waals surface area (Å²) >= 11 is 1.51. The highest BCUT2D eigenvalue weighted by Crippen LogP contribution is 2.25. The number of carbonyl (C=O) groups is 3. The van der Waals surface area contributed by atoms with Crippen molar-refractivity contribution < 1.29 is 19.1 Å². The van der Waals surface area contributed by atoms with Crippen LogP contribution in [0.4, 0.5) is 5.69 Å². The van der Waals surface area contributed by atoms with E-state index >= 15 is 0 Å². The summed E-state index contributed by atoms with van der Waals surface area (Å²) in [5.74, 6) is 0.169.